The Labute approximate surface area is 180 Å². The van der Waals surface area contributed by atoms with Crippen LogP contribution in [0, 0.1) is 0 Å². The fourth-order valence-corrected chi connectivity index (χ4v) is 4.41. The number of nitrogens with zero attached hydrogens (tertiary/aromatic N) is 2. The van der Waals surface area contributed by atoms with Crippen LogP contribution < -0.4 is 10.2 Å². The quantitative estimate of drug-likeness (QED) is 0.538. The second kappa shape index (κ2) is 9.86. The second-order valence-corrected chi connectivity index (χ2v) is 8.35. The molecule has 0 radical (unpaired) electrons. The Hall–Kier alpha value is -2.71. The highest BCUT2D eigenvalue weighted by Crippen LogP contribution is 2.29. The molecular formula is C22H27N3O4S. The van der Waals surface area contributed by atoms with Gasteiger partial charge in [-0.3, -0.25) is 14.5 Å². The summed E-state index contributed by atoms with van der Waals surface area (Å²) in [5.74, 6) is -0.515. The van der Waals surface area contributed by atoms with Gasteiger partial charge in [-0.1, -0.05) is 6.92 Å². The minimum absolute atomic E-state index is 0.0598. The van der Waals surface area contributed by atoms with Gasteiger partial charge in [0.2, 0.25) is 5.91 Å². The number of Topliss-reactive ketones (excluding diaryl/α,β-unsaturated/α-hetero) is 1. The molecule has 0 aliphatic carbocycles. The van der Waals surface area contributed by atoms with E-state index in [1.807, 2.05) is 31.2 Å². The molecule has 0 bridgehead atoms. The zero-order valence-corrected chi connectivity index (χ0v) is 18.4. The minimum atomic E-state index is -0.439. The third-order valence-electron chi connectivity index (χ3n) is 5.17. The molecule has 0 unspecified atom stereocenters. The number of rotatable bonds is 7. The van der Waals surface area contributed by atoms with Crippen molar-refractivity contribution in [1.29, 1.82) is 0 Å². The Kier molecular flexibility index (Phi) is 7.23. The van der Waals surface area contributed by atoms with Crippen LogP contribution in [0.4, 0.5) is 10.7 Å². The Morgan fingerprint density at radius 3 is 2.33 bits per heavy atom. The molecule has 1 saturated heterocycles. The predicted molar refractivity (Wildman–Crippen MR) is 119 cm³/mol. The summed E-state index contributed by atoms with van der Waals surface area (Å²) in [4.78, 5) is 41.3. The fraction of sp³-hybridized carbons (Fsp3) is 0.409. The molecule has 7 nitrogen and oxygen atoms in total. The summed E-state index contributed by atoms with van der Waals surface area (Å²) < 4.78 is 4.82. The van der Waals surface area contributed by atoms with Gasteiger partial charge in [0.25, 0.3) is 0 Å². The SMILES string of the molecule is CCc1cc(C(=O)OC)c(NC(=O)CN2CCN(c3ccc(C(C)=O)cc3)CC2)s1. The molecule has 1 N–H and O–H groups in total. The molecule has 30 heavy (non-hydrogen) atoms. The number of anilines is 2. The molecule has 1 aromatic heterocycles. The number of hydrogen-bond acceptors (Lipinski definition) is 7. The van der Waals surface area contributed by atoms with Crippen molar-refractivity contribution in [2.45, 2.75) is 20.3 Å². The molecule has 0 spiro atoms. The lowest BCUT2D eigenvalue weighted by Gasteiger charge is -2.35. The van der Waals surface area contributed by atoms with E-state index in [1.54, 1.807) is 13.0 Å². The van der Waals surface area contributed by atoms with Gasteiger partial charge in [-0.05, 0) is 43.7 Å². The number of thiophene rings is 1. The lowest BCUT2D eigenvalue weighted by molar-refractivity contribution is -0.117. The molecule has 0 saturated carbocycles. The van der Waals surface area contributed by atoms with Crippen LogP contribution in [0.3, 0.4) is 0 Å². The average Bonchev–Trinajstić information content (AvgIpc) is 3.16. The summed E-state index contributed by atoms with van der Waals surface area (Å²) in [7, 11) is 1.34. The molecule has 8 heteroatoms. The number of benzene rings is 1. The summed E-state index contributed by atoms with van der Waals surface area (Å²) in [5.41, 5.74) is 2.20. The smallest absolute Gasteiger partial charge is 0.340 e. The van der Waals surface area contributed by atoms with Crippen molar-refractivity contribution in [1.82, 2.24) is 4.90 Å². The topological polar surface area (TPSA) is 79.0 Å². The largest absolute Gasteiger partial charge is 0.465 e. The molecule has 3 rings (SSSR count). The number of hydrogen-bond donors (Lipinski definition) is 1. The van der Waals surface area contributed by atoms with E-state index in [0.717, 1.165) is 43.2 Å². The van der Waals surface area contributed by atoms with Crippen LogP contribution in [0.1, 0.15) is 39.4 Å². The number of ketones is 1. The molecule has 1 aliphatic rings. The highest BCUT2D eigenvalue weighted by Gasteiger charge is 2.22. The molecule has 2 aromatic rings. The van der Waals surface area contributed by atoms with Crippen LogP contribution in [0.2, 0.25) is 0 Å². The van der Waals surface area contributed by atoms with Gasteiger partial charge in [-0.2, -0.15) is 0 Å². The van der Waals surface area contributed by atoms with E-state index in [2.05, 4.69) is 15.1 Å². The van der Waals surface area contributed by atoms with Crippen LogP contribution in [0.5, 0.6) is 0 Å². The van der Waals surface area contributed by atoms with Crippen molar-refractivity contribution in [2.75, 3.05) is 50.1 Å². The lowest BCUT2D eigenvalue weighted by atomic mass is 10.1. The molecular weight excluding hydrogens is 402 g/mol. The lowest BCUT2D eigenvalue weighted by Crippen LogP contribution is -2.48. The number of methoxy groups -OCH3 is 1. The van der Waals surface area contributed by atoms with Gasteiger partial charge in [-0.25, -0.2) is 4.79 Å². The van der Waals surface area contributed by atoms with E-state index in [4.69, 9.17) is 4.74 Å². The highest BCUT2D eigenvalue weighted by atomic mass is 32.1. The van der Waals surface area contributed by atoms with Gasteiger partial charge >= 0.3 is 5.97 Å². The van der Waals surface area contributed by atoms with Crippen LogP contribution in [0.25, 0.3) is 0 Å². The minimum Gasteiger partial charge on any atom is -0.465 e. The van der Waals surface area contributed by atoms with Gasteiger partial charge in [-0.15, -0.1) is 11.3 Å². The van der Waals surface area contributed by atoms with E-state index in [0.29, 0.717) is 16.1 Å². The van der Waals surface area contributed by atoms with Gasteiger partial charge < -0.3 is 15.0 Å². The predicted octanol–water partition coefficient (Wildman–Crippen LogP) is 3.06. The fourth-order valence-electron chi connectivity index (χ4n) is 3.41. The Bertz CT molecular complexity index is 915. The highest BCUT2D eigenvalue weighted by molar-refractivity contribution is 7.16. The average molecular weight is 430 g/mol. The van der Waals surface area contributed by atoms with Gasteiger partial charge in [0.05, 0.1) is 19.2 Å². The normalized spacial score (nSPS) is 14.4. The number of ether oxygens (including phenoxy) is 1. The number of carbonyl (C=O) groups excluding carboxylic acids is 3. The van der Waals surface area contributed by atoms with Crippen LogP contribution in [-0.4, -0.2) is 62.4 Å². The maximum Gasteiger partial charge on any atom is 0.340 e. The number of carbonyl (C=O) groups is 3. The monoisotopic (exact) mass is 429 g/mol. The summed E-state index contributed by atoms with van der Waals surface area (Å²) in [6.07, 6.45) is 0.792. The van der Waals surface area contributed by atoms with Gasteiger partial charge in [0, 0.05) is 42.3 Å². The third kappa shape index (κ3) is 5.25. The summed E-state index contributed by atoms with van der Waals surface area (Å²) >= 11 is 1.41. The van der Waals surface area contributed by atoms with Crippen LogP contribution in [-0.2, 0) is 16.0 Å². The number of nitrogens with one attached hydrogen (secondary N) is 1. The standard InChI is InChI=1S/C22H27N3O4S/c1-4-18-13-19(22(28)29-3)21(30-18)23-20(27)14-24-9-11-25(12-10-24)17-7-5-16(6-8-17)15(2)26/h5-8,13H,4,9-12,14H2,1-3H3,(H,23,27). The first-order valence-electron chi connectivity index (χ1n) is 10.0. The zero-order chi connectivity index (χ0) is 21.7. The Morgan fingerprint density at radius 1 is 1.10 bits per heavy atom. The van der Waals surface area contributed by atoms with Crippen LogP contribution in [0.15, 0.2) is 30.3 Å². The molecule has 1 aliphatic heterocycles. The van der Waals surface area contributed by atoms with Crippen molar-refractivity contribution >= 4 is 39.7 Å². The third-order valence-corrected chi connectivity index (χ3v) is 6.36. The summed E-state index contributed by atoms with van der Waals surface area (Å²) in [5, 5.41) is 3.43. The maximum atomic E-state index is 12.6. The number of esters is 1. The first-order chi connectivity index (χ1) is 14.4. The first kappa shape index (κ1) is 22.0. The van der Waals surface area contributed by atoms with Crippen molar-refractivity contribution < 1.29 is 19.1 Å². The molecule has 0 atom stereocenters. The van der Waals surface area contributed by atoms with Gasteiger partial charge in [0.15, 0.2) is 5.78 Å². The summed E-state index contributed by atoms with van der Waals surface area (Å²) in [6.45, 7) is 6.97. The molecule has 1 fully saturated rings. The van der Waals surface area contributed by atoms with Crippen molar-refractivity contribution in [2.24, 2.45) is 0 Å². The zero-order valence-electron chi connectivity index (χ0n) is 17.6. The first-order valence-corrected chi connectivity index (χ1v) is 10.8. The molecule has 2 heterocycles. The van der Waals surface area contributed by atoms with E-state index < -0.39 is 5.97 Å². The molecule has 1 aromatic carbocycles. The van der Waals surface area contributed by atoms with Crippen molar-refractivity contribution in [3.8, 4) is 0 Å². The number of piperazine rings is 1. The summed E-state index contributed by atoms with van der Waals surface area (Å²) in [6, 6.07) is 9.41. The van der Waals surface area contributed by atoms with Crippen molar-refractivity contribution in [3.05, 3.63) is 46.3 Å². The molecule has 160 valence electrons. The second-order valence-electron chi connectivity index (χ2n) is 7.22. The molecule has 1 amide bonds. The number of aryl methyl sites for hydroxylation is 1. The van der Waals surface area contributed by atoms with E-state index in [1.165, 1.54) is 18.4 Å². The maximum absolute atomic E-state index is 12.6. The Balaban J connectivity index is 1.54. The van der Waals surface area contributed by atoms with E-state index in [-0.39, 0.29) is 18.2 Å². The Morgan fingerprint density at radius 2 is 1.77 bits per heavy atom. The number of amides is 1. The van der Waals surface area contributed by atoms with Gasteiger partial charge in [0.1, 0.15) is 5.00 Å². The van der Waals surface area contributed by atoms with E-state index >= 15 is 0 Å². The van der Waals surface area contributed by atoms with Crippen molar-refractivity contribution in [3.63, 3.8) is 0 Å². The van der Waals surface area contributed by atoms with E-state index in [9.17, 15) is 14.4 Å². The van der Waals surface area contributed by atoms with Crippen LogP contribution >= 0.6 is 11.3 Å².